The van der Waals surface area contributed by atoms with Crippen molar-refractivity contribution < 1.29 is 14.3 Å². The molecule has 1 rings (SSSR count). The highest BCUT2D eigenvalue weighted by Gasteiger charge is 2.13. The minimum Gasteiger partial charge on any atom is -0.476 e. The number of carboxylic acids is 1. The summed E-state index contributed by atoms with van der Waals surface area (Å²) in [4.78, 5) is 13.9. The molecule has 0 aromatic carbocycles. The maximum Gasteiger partial charge on any atom is 0.357 e. The first-order valence-electron chi connectivity index (χ1n) is 3.91. The standard InChI is InChI=1S/C9H10FNO2/c1-5(2)6-3-7(10)8(9(12)13)11-4-6/h3-5H,1-2H3,(H,12,13). The van der Waals surface area contributed by atoms with Crippen molar-refractivity contribution in [3.8, 4) is 0 Å². The molecule has 1 N–H and O–H groups in total. The van der Waals surface area contributed by atoms with Gasteiger partial charge in [-0.15, -0.1) is 0 Å². The molecule has 0 amide bonds. The topological polar surface area (TPSA) is 50.2 Å². The molecule has 0 unspecified atom stereocenters. The van der Waals surface area contributed by atoms with Gasteiger partial charge in [0.05, 0.1) is 0 Å². The normalized spacial score (nSPS) is 10.5. The van der Waals surface area contributed by atoms with Crippen molar-refractivity contribution in [2.75, 3.05) is 0 Å². The van der Waals surface area contributed by atoms with Crippen molar-refractivity contribution in [3.63, 3.8) is 0 Å². The van der Waals surface area contributed by atoms with Crippen LogP contribution in [0.4, 0.5) is 4.39 Å². The zero-order valence-corrected chi connectivity index (χ0v) is 7.41. The molecule has 0 fully saturated rings. The molecule has 0 aliphatic carbocycles. The molecule has 0 saturated carbocycles. The SMILES string of the molecule is CC(C)c1cnc(C(=O)O)c(F)c1. The summed E-state index contributed by atoms with van der Waals surface area (Å²) in [6.45, 7) is 3.77. The molecular weight excluding hydrogens is 173 g/mol. The molecule has 0 spiro atoms. The van der Waals surface area contributed by atoms with E-state index in [-0.39, 0.29) is 5.92 Å². The van der Waals surface area contributed by atoms with Gasteiger partial charge in [0.15, 0.2) is 11.5 Å². The predicted octanol–water partition coefficient (Wildman–Crippen LogP) is 2.04. The average molecular weight is 183 g/mol. The second-order valence-electron chi connectivity index (χ2n) is 3.06. The number of nitrogens with zero attached hydrogens (tertiary/aromatic N) is 1. The second-order valence-corrected chi connectivity index (χ2v) is 3.06. The van der Waals surface area contributed by atoms with E-state index in [0.29, 0.717) is 5.56 Å². The first-order chi connectivity index (χ1) is 6.02. The molecule has 0 saturated heterocycles. The molecular formula is C9H10FNO2. The summed E-state index contributed by atoms with van der Waals surface area (Å²) in [5.74, 6) is -1.98. The molecule has 1 aromatic heterocycles. The minimum absolute atomic E-state index is 0.143. The molecule has 0 atom stereocenters. The lowest BCUT2D eigenvalue weighted by Gasteiger charge is -2.04. The maximum absolute atomic E-state index is 13.0. The third-order valence-electron chi connectivity index (χ3n) is 1.73. The van der Waals surface area contributed by atoms with E-state index in [1.54, 1.807) is 0 Å². The monoisotopic (exact) mass is 183 g/mol. The smallest absolute Gasteiger partial charge is 0.357 e. The number of aromatic nitrogens is 1. The van der Waals surface area contributed by atoms with Crippen molar-refractivity contribution in [2.45, 2.75) is 19.8 Å². The highest BCUT2D eigenvalue weighted by molar-refractivity contribution is 5.85. The van der Waals surface area contributed by atoms with Crippen molar-refractivity contribution in [3.05, 3.63) is 29.3 Å². The molecule has 1 heterocycles. The van der Waals surface area contributed by atoms with Crippen LogP contribution >= 0.6 is 0 Å². The van der Waals surface area contributed by atoms with Gasteiger partial charge >= 0.3 is 5.97 Å². The van der Waals surface area contributed by atoms with Gasteiger partial charge in [0.1, 0.15) is 0 Å². The van der Waals surface area contributed by atoms with Crippen LogP contribution in [0.3, 0.4) is 0 Å². The summed E-state index contributed by atoms with van der Waals surface area (Å²) in [6.07, 6.45) is 1.39. The van der Waals surface area contributed by atoms with E-state index in [1.165, 1.54) is 12.3 Å². The van der Waals surface area contributed by atoms with Gasteiger partial charge in [-0.2, -0.15) is 0 Å². The van der Waals surface area contributed by atoms with Crippen LogP contribution in [0.25, 0.3) is 0 Å². The van der Waals surface area contributed by atoms with Gasteiger partial charge in [-0.3, -0.25) is 0 Å². The Morgan fingerprint density at radius 1 is 1.62 bits per heavy atom. The van der Waals surface area contributed by atoms with E-state index in [9.17, 15) is 9.18 Å². The third kappa shape index (κ3) is 2.02. The number of hydrogen-bond acceptors (Lipinski definition) is 2. The summed E-state index contributed by atoms with van der Waals surface area (Å²) in [7, 11) is 0. The number of pyridine rings is 1. The van der Waals surface area contributed by atoms with Crippen molar-refractivity contribution in [1.29, 1.82) is 0 Å². The molecule has 3 nitrogen and oxygen atoms in total. The largest absolute Gasteiger partial charge is 0.476 e. The van der Waals surface area contributed by atoms with Crippen LogP contribution in [0.2, 0.25) is 0 Å². The fourth-order valence-electron chi connectivity index (χ4n) is 0.926. The van der Waals surface area contributed by atoms with Gasteiger partial charge in [-0.05, 0) is 17.5 Å². The summed E-state index contributed by atoms with van der Waals surface area (Å²) < 4.78 is 13.0. The lowest BCUT2D eigenvalue weighted by atomic mass is 10.1. The zero-order valence-electron chi connectivity index (χ0n) is 7.41. The summed E-state index contributed by atoms with van der Waals surface area (Å²) in [5.41, 5.74) is 0.173. The lowest BCUT2D eigenvalue weighted by molar-refractivity contribution is 0.0685. The fourth-order valence-corrected chi connectivity index (χ4v) is 0.926. The molecule has 0 aliphatic rings. The van der Waals surface area contributed by atoms with Crippen LogP contribution in [-0.4, -0.2) is 16.1 Å². The first kappa shape index (κ1) is 9.64. The number of aromatic carboxylic acids is 1. The lowest BCUT2D eigenvalue weighted by Crippen LogP contribution is -2.05. The van der Waals surface area contributed by atoms with Crippen LogP contribution in [0, 0.1) is 5.82 Å². The number of carboxylic acid groups (broad SMARTS) is 1. The van der Waals surface area contributed by atoms with Gasteiger partial charge in [-0.25, -0.2) is 14.2 Å². The molecule has 0 radical (unpaired) electrons. The average Bonchev–Trinajstić information content (AvgIpc) is 2.03. The van der Waals surface area contributed by atoms with E-state index < -0.39 is 17.5 Å². The van der Waals surface area contributed by atoms with E-state index in [4.69, 9.17) is 5.11 Å². The van der Waals surface area contributed by atoms with Crippen LogP contribution in [0.5, 0.6) is 0 Å². The van der Waals surface area contributed by atoms with Crippen LogP contribution in [0.1, 0.15) is 35.8 Å². The van der Waals surface area contributed by atoms with Crippen LogP contribution in [0.15, 0.2) is 12.3 Å². The Kier molecular flexibility index (Phi) is 2.60. The van der Waals surface area contributed by atoms with Gasteiger partial charge in [0.25, 0.3) is 0 Å². The third-order valence-corrected chi connectivity index (χ3v) is 1.73. The summed E-state index contributed by atoms with van der Waals surface area (Å²) in [5, 5.41) is 8.49. The Morgan fingerprint density at radius 2 is 2.23 bits per heavy atom. The number of carbonyl (C=O) groups is 1. The number of hydrogen-bond donors (Lipinski definition) is 1. The van der Waals surface area contributed by atoms with Crippen molar-refractivity contribution in [1.82, 2.24) is 4.98 Å². The van der Waals surface area contributed by atoms with E-state index in [0.717, 1.165) is 0 Å². The van der Waals surface area contributed by atoms with Crippen LogP contribution in [-0.2, 0) is 0 Å². The maximum atomic E-state index is 13.0. The molecule has 70 valence electrons. The fraction of sp³-hybridized carbons (Fsp3) is 0.333. The van der Waals surface area contributed by atoms with Gasteiger partial charge < -0.3 is 5.11 Å². The van der Waals surface area contributed by atoms with E-state index >= 15 is 0 Å². The van der Waals surface area contributed by atoms with Gasteiger partial charge in [-0.1, -0.05) is 13.8 Å². The van der Waals surface area contributed by atoms with E-state index in [2.05, 4.69) is 4.98 Å². The molecule has 0 bridgehead atoms. The molecule has 0 aliphatic heterocycles. The van der Waals surface area contributed by atoms with Crippen molar-refractivity contribution >= 4 is 5.97 Å². The van der Waals surface area contributed by atoms with Crippen LogP contribution < -0.4 is 0 Å². The Balaban J connectivity index is 3.13. The van der Waals surface area contributed by atoms with Crippen molar-refractivity contribution in [2.24, 2.45) is 0 Å². The highest BCUT2D eigenvalue weighted by atomic mass is 19.1. The Labute approximate surface area is 75.2 Å². The highest BCUT2D eigenvalue weighted by Crippen LogP contribution is 2.15. The molecule has 1 aromatic rings. The minimum atomic E-state index is -1.34. The molecule has 4 heteroatoms. The second kappa shape index (κ2) is 3.51. The Bertz CT molecular complexity index is 336. The number of rotatable bonds is 2. The van der Waals surface area contributed by atoms with Gasteiger partial charge in [0.2, 0.25) is 0 Å². The number of halogens is 1. The Hall–Kier alpha value is -1.45. The zero-order chi connectivity index (χ0) is 10.0. The Morgan fingerprint density at radius 3 is 2.62 bits per heavy atom. The summed E-state index contributed by atoms with van der Waals surface area (Å²) >= 11 is 0. The summed E-state index contributed by atoms with van der Waals surface area (Å²) in [6, 6.07) is 1.21. The first-order valence-corrected chi connectivity index (χ1v) is 3.91. The van der Waals surface area contributed by atoms with E-state index in [1.807, 2.05) is 13.8 Å². The predicted molar refractivity (Wildman–Crippen MR) is 45.2 cm³/mol. The molecule has 13 heavy (non-hydrogen) atoms. The van der Waals surface area contributed by atoms with Gasteiger partial charge in [0, 0.05) is 6.20 Å². The quantitative estimate of drug-likeness (QED) is 0.763.